The van der Waals surface area contributed by atoms with Crippen molar-refractivity contribution in [3.8, 4) is 0 Å². The molecule has 1 aliphatic heterocycles. The van der Waals surface area contributed by atoms with Crippen LogP contribution in [0.15, 0.2) is 18.5 Å². The molecule has 2 rings (SSSR count). The van der Waals surface area contributed by atoms with Gasteiger partial charge in [0.05, 0.1) is 11.9 Å². The zero-order chi connectivity index (χ0) is 10.8. The van der Waals surface area contributed by atoms with Gasteiger partial charge in [0.1, 0.15) is 0 Å². The number of piperazine rings is 1. The van der Waals surface area contributed by atoms with Crippen LogP contribution in [0.1, 0.15) is 13.8 Å². The minimum absolute atomic E-state index is 0. The van der Waals surface area contributed by atoms with Gasteiger partial charge in [0.2, 0.25) is 0 Å². The Kier molecular flexibility index (Phi) is 6.75. The zero-order valence-corrected chi connectivity index (χ0v) is 11.5. The molecule has 2 unspecified atom stereocenters. The highest BCUT2D eigenvalue weighted by Gasteiger charge is 2.24. The smallest absolute Gasteiger partial charge is 0.164 e. The van der Waals surface area contributed by atoms with Crippen LogP contribution in [0.3, 0.4) is 0 Å². The van der Waals surface area contributed by atoms with Gasteiger partial charge < -0.3 is 10.2 Å². The summed E-state index contributed by atoms with van der Waals surface area (Å²) in [5.74, 6) is -0.238. The molecule has 6 heteroatoms. The first kappa shape index (κ1) is 16.4. The normalized spacial score (nSPS) is 23.6. The molecule has 1 aliphatic rings. The van der Waals surface area contributed by atoms with E-state index in [1.165, 1.54) is 6.20 Å². The molecule has 0 bridgehead atoms. The predicted molar refractivity (Wildman–Crippen MR) is 73.0 cm³/mol. The zero-order valence-electron chi connectivity index (χ0n) is 9.89. The highest BCUT2D eigenvalue weighted by molar-refractivity contribution is 5.85. The van der Waals surface area contributed by atoms with Crippen molar-refractivity contribution >= 4 is 30.5 Å². The Bertz CT molecular complexity index is 351. The number of hydrogen-bond acceptors (Lipinski definition) is 3. The van der Waals surface area contributed by atoms with Crippen molar-refractivity contribution in [1.29, 1.82) is 0 Å². The van der Waals surface area contributed by atoms with Gasteiger partial charge in [-0.3, -0.25) is 4.98 Å². The molecular weight excluding hydrogens is 264 g/mol. The predicted octanol–water partition coefficient (Wildman–Crippen LogP) is 2.25. The number of rotatable bonds is 1. The molecule has 1 aromatic heterocycles. The van der Waals surface area contributed by atoms with Crippen molar-refractivity contribution in [2.75, 3.05) is 18.0 Å². The Labute approximate surface area is 114 Å². The first-order valence-corrected chi connectivity index (χ1v) is 5.28. The van der Waals surface area contributed by atoms with E-state index in [0.29, 0.717) is 17.8 Å². The van der Waals surface area contributed by atoms with Crippen molar-refractivity contribution in [3.05, 3.63) is 24.3 Å². The summed E-state index contributed by atoms with van der Waals surface area (Å²) in [5, 5.41) is 3.37. The molecule has 98 valence electrons. The summed E-state index contributed by atoms with van der Waals surface area (Å²) in [6.07, 6.45) is 2.91. The van der Waals surface area contributed by atoms with Gasteiger partial charge >= 0.3 is 0 Å². The standard InChI is InChI=1S/C11H16FN3.2ClH/c1-8-7-15(9(2)5-14-8)11-3-4-13-6-10(11)12;;/h3-4,6,8-9,14H,5,7H2,1-2H3;2*1H. The first-order chi connectivity index (χ1) is 7.18. The number of nitrogens with one attached hydrogen (secondary N) is 1. The van der Waals surface area contributed by atoms with Gasteiger partial charge in [0, 0.05) is 31.4 Å². The maximum atomic E-state index is 13.5. The van der Waals surface area contributed by atoms with Gasteiger partial charge in [-0.1, -0.05) is 0 Å². The molecule has 0 aliphatic carbocycles. The Hall–Kier alpha value is -0.580. The molecule has 2 atom stereocenters. The quantitative estimate of drug-likeness (QED) is 0.856. The van der Waals surface area contributed by atoms with Gasteiger partial charge in [-0.05, 0) is 19.9 Å². The third-order valence-corrected chi connectivity index (χ3v) is 2.82. The lowest BCUT2D eigenvalue weighted by molar-refractivity contribution is 0.420. The van der Waals surface area contributed by atoms with E-state index in [4.69, 9.17) is 0 Å². The lowest BCUT2D eigenvalue weighted by atomic mass is 10.1. The van der Waals surface area contributed by atoms with E-state index in [0.717, 1.165) is 13.1 Å². The highest BCUT2D eigenvalue weighted by Crippen LogP contribution is 2.21. The number of pyridine rings is 1. The summed E-state index contributed by atoms with van der Waals surface area (Å²) in [4.78, 5) is 5.86. The summed E-state index contributed by atoms with van der Waals surface area (Å²) < 4.78 is 13.5. The second-order valence-electron chi connectivity index (χ2n) is 4.14. The number of aromatic nitrogens is 1. The highest BCUT2D eigenvalue weighted by atomic mass is 35.5. The average molecular weight is 282 g/mol. The number of hydrogen-bond donors (Lipinski definition) is 1. The molecule has 0 radical (unpaired) electrons. The molecule has 2 heterocycles. The number of halogens is 3. The van der Waals surface area contributed by atoms with Crippen LogP contribution in [0, 0.1) is 5.82 Å². The molecule has 0 spiro atoms. The maximum Gasteiger partial charge on any atom is 0.164 e. The summed E-state index contributed by atoms with van der Waals surface area (Å²) in [7, 11) is 0. The topological polar surface area (TPSA) is 28.2 Å². The van der Waals surface area contributed by atoms with Crippen LogP contribution in [0.2, 0.25) is 0 Å². The van der Waals surface area contributed by atoms with Gasteiger partial charge in [-0.25, -0.2) is 4.39 Å². The third-order valence-electron chi connectivity index (χ3n) is 2.82. The molecule has 0 amide bonds. The number of anilines is 1. The average Bonchev–Trinajstić information content (AvgIpc) is 2.23. The van der Waals surface area contributed by atoms with Crippen LogP contribution in [0.4, 0.5) is 10.1 Å². The van der Waals surface area contributed by atoms with Crippen molar-refractivity contribution in [1.82, 2.24) is 10.3 Å². The van der Waals surface area contributed by atoms with Crippen molar-refractivity contribution in [3.63, 3.8) is 0 Å². The minimum Gasteiger partial charge on any atom is -0.364 e. The molecule has 1 N–H and O–H groups in total. The van der Waals surface area contributed by atoms with Crippen LogP contribution in [-0.2, 0) is 0 Å². The summed E-state index contributed by atoms with van der Waals surface area (Å²) >= 11 is 0. The van der Waals surface area contributed by atoms with Crippen LogP contribution in [0.5, 0.6) is 0 Å². The fourth-order valence-electron chi connectivity index (χ4n) is 1.96. The Morgan fingerprint density at radius 3 is 2.76 bits per heavy atom. The summed E-state index contributed by atoms with van der Waals surface area (Å²) in [6, 6.07) is 2.45. The third kappa shape index (κ3) is 3.69. The molecule has 3 nitrogen and oxygen atoms in total. The lowest BCUT2D eigenvalue weighted by Crippen LogP contribution is -2.54. The van der Waals surface area contributed by atoms with Gasteiger partial charge in [-0.15, -0.1) is 24.8 Å². The fraction of sp³-hybridized carbons (Fsp3) is 0.545. The van der Waals surface area contributed by atoms with E-state index in [-0.39, 0.29) is 30.6 Å². The molecule has 1 aromatic rings. The van der Waals surface area contributed by atoms with Crippen LogP contribution in [0.25, 0.3) is 0 Å². The van der Waals surface area contributed by atoms with E-state index in [1.807, 2.05) is 0 Å². The van der Waals surface area contributed by atoms with Crippen molar-refractivity contribution < 1.29 is 4.39 Å². The number of nitrogens with zero attached hydrogens (tertiary/aromatic N) is 2. The van der Waals surface area contributed by atoms with Gasteiger partial charge in [0.15, 0.2) is 5.82 Å². The second kappa shape index (κ2) is 6.99. The van der Waals surface area contributed by atoms with E-state index in [9.17, 15) is 4.39 Å². The monoisotopic (exact) mass is 281 g/mol. The van der Waals surface area contributed by atoms with Crippen molar-refractivity contribution in [2.45, 2.75) is 25.9 Å². The summed E-state index contributed by atoms with van der Waals surface area (Å²) in [6.45, 7) is 5.93. The lowest BCUT2D eigenvalue weighted by Gasteiger charge is -2.39. The van der Waals surface area contributed by atoms with E-state index in [2.05, 4.69) is 29.0 Å². The van der Waals surface area contributed by atoms with E-state index < -0.39 is 0 Å². The maximum absolute atomic E-state index is 13.5. The molecule has 17 heavy (non-hydrogen) atoms. The van der Waals surface area contributed by atoms with E-state index in [1.54, 1.807) is 12.3 Å². The SMILES string of the molecule is CC1CN(c2ccncc2F)C(C)CN1.Cl.Cl. The van der Waals surface area contributed by atoms with Crippen LogP contribution >= 0.6 is 24.8 Å². The molecule has 1 saturated heterocycles. The minimum atomic E-state index is -0.238. The van der Waals surface area contributed by atoms with E-state index >= 15 is 0 Å². The van der Waals surface area contributed by atoms with Gasteiger partial charge in [-0.2, -0.15) is 0 Å². The molecule has 0 aromatic carbocycles. The van der Waals surface area contributed by atoms with Gasteiger partial charge in [0.25, 0.3) is 0 Å². The Morgan fingerprint density at radius 2 is 2.12 bits per heavy atom. The molecule has 0 saturated carbocycles. The Balaban J connectivity index is 0.00000128. The summed E-state index contributed by atoms with van der Waals surface area (Å²) in [5.41, 5.74) is 0.658. The fourth-order valence-corrected chi connectivity index (χ4v) is 1.96. The molecular formula is C11H18Cl2FN3. The molecule has 1 fully saturated rings. The first-order valence-electron chi connectivity index (χ1n) is 5.28. The second-order valence-corrected chi connectivity index (χ2v) is 4.14. The van der Waals surface area contributed by atoms with Crippen LogP contribution < -0.4 is 10.2 Å². The van der Waals surface area contributed by atoms with Crippen LogP contribution in [-0.4, -0.2) is 30.2 Å². The van der Waals surface area contributed by atoms with Crippen molar-refractivity contribution in [2.24, 2.45) is 0 Å². The largest absolute Gasteiger partial charge is 0.364 e. The Morgan fingerprint density at radius 1 is 1.41 bits per heavy atom.